The van der Waals surface area contributed by atoms with E-state index in [2.05, 4.69) is 25.9 Å². The van der Waals surface area contributed by atoms with Gasteiger partial charge in [-0.1, -0.05) is 11.6 Å². The van der Waals surface area contributed by atoms with Gasteiger partial charge < -0.3 is 10.6 Å². The summed E-state index contributed by atoms with van der Waals surface area (Å²) in [6.07, 6.45) is 2.82. The Kier molecular flexibility index (Phi) is 4.81. The third-order valence-corrected chi connectivity index (χ3v) is 5.99. The molecule has 1 saturated carbocycles. The molecule has 1 fully saturated rings. The molecule has 5 rings (SSSR count). The molecular formula is C21H17ClF2N6O2. The number of alkyl halides is 1. The Morgan fingerprint density at radius 3 is 2.94 bits per heavy atom. The van der Waals surface area contributed by atoms with Gasteiger partial charge in [0.1, 0.15) is 12.0 Å². The van der Waals surface area contributed by atoms with Crippen LogP contribution in [-0.4, -0.2) is 38.3 Å². The Morgan fingerprint density at radius 1 is 1.44 bits per heavy atom. The van der Waals surface area contributed by atoms with Gasteiger partial charge in [0, 0.05) is 28.8 Å². The maximum atomic E-state index is 15.3. The fourth-order valence-electron chi connectivity index (χ4n) is 3.88. The summed E-state index contributed by atoms with van der Waals surface area (Å²) >= 11 is 6.45. The molecule has 3 atom stereocenters. The van der Waals surface area contributed by atoms with Crippen molar-refractivity contribution in [3.8, 4) is 11.1 Å². The highest BCUT2D eigenvalue weighted by atomic mass is 35.5. The van der Waals surface area contributed by atoms with Crippen molar-refractivity contribution in [2.75, 3.05) is 5.32 Å². The number of anilines is 1. The smallest absolute Gasteiger partial charge is 0.231 e. The van der Waals surface area contributed by atoms with Crippen LogP contribution in [0.2, 0.25) is 5.02 Å². The van der Waals surface area contributed by atoms with E-state index in [0.717, 1.165) is 0 Å². The average Bonchev–Trinajstić information content (AvgIpc) is 3.12. The fraction of sp³-hybridized carbons (Fsp3) is 0.238. The summed E-state index contributed by atoms with van der Waals surface area (Å²) in [5.41, 5.74) is 2.30. The average molecular weight is 459 g/mol. The van der Waals surface area contributed by atoms with Crippen LogP contribution in [0, 0.1) is 11.7 Å². The molecule has 4 aromatic rings. The highest BCUT2D eigenvalue weighted by molar-refractivity contribution is 6.35. The first-order valence-electron chi connectivity index (χ1n) is 9.87. The first-order chi connectivity index (χ1) is 15.4. The van der Waals surface area contributed by atoms with Crippen LogP contribution in [0.25, 0.3) is 27.5 Å². The lowest BCUT2D eigenvalue weighted by molar-refractivity contribution is -0.117. The zero-order valence-corrected chi connectivity index (χ0v) is 17.5. The van der Waals surface area contributed by atoms with Crippen molar-refractivity contribution in [2.45, 2.75) is 25.6 Å². The van der Waals surface area contributed by atoms with Gasteiger partial charge in [0.15, 0.2) is 5.82 Å². The Bertz CT molecular complexity index is 1380. The predicted molar refractivity (Wildman–Crippen MR) is 114 cm³/mol. The van der Waals surface area contributed by atoms with Crippen LogP contribution in [0.3, 0.4) is 0 Å². The summed E-state index contributed by atoms with van der Waals surface area (Å²) in [7, 11) is 0. The van der Waals surface area contributed by atoms with Crippen LogP contribution < -0.4 is 10.6 Å². The second kappa shape index (κ2) is 7.56. The van der Waals surface area contributed by atoms with E-state index in [-0.39, 0.29) is 17.0 Å². The monoisotopic (exact) mass is 458 g/mol. The van der Waals surface area contributed by atoms with Crippen molar-refractivity contribution in [2.24, 2.45) is 5.92 Å². The molecule has 0 bridgehead atoms. The summed E-state index contributed by atoms with van der Waals surface area (Å²) in [5.74, 6) is -1.39. The number of pyridine rings is 1. The molecular weight excluding hydrogens is 442 g/mol. The van der Waals surface area contributed by atoms with Crippen LogP contribution in [0.1, 0.15) is 24.9 Å². The molecule has 1 aromatic carbocycles. The Labute approximate surface area is 184 Å². The Hall–Kier alpha value is -3.53. The molecule has 32 heavy (non-hydrogen) atoms. The fourth-order valence-corrected chi connectivity index (χ4v) is 4.19. The molecule has 1 aliphatic carbocycles. The van der Waals surface area contributed by atoms with Gasteiger partial charge in [-0.2, -0.15) is 10.2 Å². The van der Waals surface area contributed by atoms with Crippen molar-refractivity contribution in [3.05, 3.63) is 47.0 Å². The van der Waals surface area contributed by atoms with E-state index in [1.54, 1.807) is 42.0 Å². The van der Waals surface area contributed by atoms with Crippen LogP contribution in [0.5, 0.6) is 0 Å². The maximum Gasteiger partial charge on any atom is 0.231 e. The van der Waals surface area contributed by atoms with Gasteiger partial charge in [0.2, 0.25) is 12.3 Å². The Morgan fingerprint density at radius 2 is 2.22 bits per heavy atom. The van der Waals surface area contributed by atoms with Gasteiger partial charge >= 0.3 is 0 Å². The summed E-state index contributed by atoms with van der Waals surface area (Å²) < 4.78 is 29.9. The minimum absolute atomic E-state index is 0.103. The van der Waals surface area contributed by atoms with Gasteiger partial charge in [0.05, 0.1) is 34.2 Å². The molecule has 0 spiro atoms. The first-order valence-corrected chi connectivity index (χ1v) is 10.2. The van der Waals surface area contributed by atoms with Crippen LogP contribution in [-0.2, 0) is 9.59 Å². The molecule has 3 aromatic heterocycles. The number of aromatic nitrogens is 4. The summed E-state index contributed by atoms with van der Waals surface area (Å²) in [6.45, 7) is 1.64. The molecule has 164 valence electrons. The lowest BCUT2D eigenvalue weighted by Gasteiger charge is -2.17. The zero-order chi connectivity index (χ0) is 22.6. The number of rotatable bonds is 6. The van der Waals surface area contributed by atoms with Crippen LogP contribution in [0.4, 0.5) is 14.6 Å². The van der Waals surface area contributed by atoms with Gasteiger partial charge in [0.25, 0.3) is 0 Å². The minimum atomic E-state index is -1.10. The molecule has 3 heterocycles. The molecule has 0 aliphatic heterocycles. The van der Waals surface area contributed by atoms with Crippen LogP contribution >= 0.6 is 11.6 Å². The number of benzene rings is 1. The van der Waals surface area contributed by atoms with E-state index in [0.29, 0.717) is 39.8 Å². The SMILES string of the molecule is CC(NC=O)c1c(F)c(Cl)c(-c2ccn3nc(NC(=O)[C@@H]4C[C@@H]4F)cc3c2)c2cn[nH]c12. The van der Waals surface area contributed by atoms with E-state index in [1.165, 1.54) is 0 Å². The number of carbonyl (C=O) groups excluding carboxylic acids is 2. The number of amides is 2. The second-order valence-corrected chi connectivity index (χ2v) is 8.12. The van der Waals surface area contributed by atoms with Gasteiger partial charge in [-0.25, -0.2) is 13.3 Å². The standard InChI is InChI=1S/C21H17ClF2N6O2/c1-9(25-8-31)16-19(24)18(22)17(13-7-26-28-20(13)16)10-2-3-30-11(4-10)5-15(29-30)27-21(32)12-6-14(12)23/h2-5,7-9,12,14H,6H2,1H3,(H,25,31)(H,26,28)(H,27,29,32)/t9?,12-,14+/m1/s1. The number of hydrogen-bond acceptors (Lipinski definition) is 4. The summed E-state index contributed by atoms with van der Waals surface area (Å²) in [5, 5.41) is 16.7. The lowest BCUT2D eigenvalue weighted by atomic mass is 9.96. The van der Waals surface area contributed by atoms with E-state index < -0.39 is 29.9 Å². The number of nitrogens with zero attached hydrogens (tertiary/aromatic N) is 3. The quantitative estimate of drug-likeness (QED) is 0.382. The second-order valence-electron chi connectivity index (χ2n) is 7.74. The zero-order valence-electron chi connectivity index (χ0n) is 16.7. The molecule has 3 N–H and O–H groups in total. The normalized spacial score (nSPS) is 18.6. The van der Waals surface area contributed by atoms with E-state index >= 15 is 4.39 Å². The van der Waals surface area contributed by atoms with E-state index in [1.807, 2.05) is 0 Å². The third-order valence-electron chi connectivity index (χ3n) is 5.63. The number of carbonyl (C=O) groups is 2. The summed E-state index contributed by atoms with van der Waals surface area (Å²) in [4.78, 5) is 22.8. The van der Waals surface area contributed by atoms with Crippen molar-refractivity contribution in [1.29, 1.82) is 0 Å². The minimum Gasteiger partial charge on any atom is -0.352 e. The molecule has 0 saturated heterocycles. The molecule has 1 aliphatic rings. The van der Waals surface area contributed by atoms with Gasteiger partial charge in [-0.15, -0.1) is 0 Å². The number of halogens is 3. The third kappa shape index (κ3) is 3.27. The van der Waals surface area contributed by atoms with Gasteiger partial charge in [-0.3, -0.25) is 14.7 Å². The van der Waals surface area contributed by atoms with Crippen molar-refractivity contribution in [3.63, 3.8) is 0 Å². The lowest BCUT2D eigenvalue weighted by Crippen LogP contribution is -2.18. The van der Waals surface area contributed by atoms with Crippen LogP contribution in [0.15, 0.2) is 30.6 Å². The topological polar surface area (TPSA) is 104 Å². The van der Waals surface area contributed by atoms with Crippen molar-refractivity contribution >= 4 is 46.2 Å². The maximum absolute atomic E-state index is 15.3. The molecule has 1 unspecified atom stereocenters. The molecule has 8 nitrogen and oxygen atoms in total. The number of nitrogens with one attached hydrogen (secondary N) is 3. The number of fused-ring (bicyclic) bond motifs is 2. The number of aromatic amines is 1. The predicted octanol–water partition coefficient (Wildman–Crippen LogP) is 3.77. The van der Waals surface area contributed by atoms with Crippen molar-refractivity contribution < 1.29 is 18.4 Å². The molecule has 2 amide bonds. The summed E-state index contributed by atoms with van der Waals surface area (Å²) in [6, 6.07) is 4.47. The molecule has 0 radical (unpaired) electrons. The first kappa shape index (κ1) is 20.4. The largest absolute Gasteiger partial charge is 0.352 e. The van der Waals surface area contributed by atoms with Crippen molar-refractivity contribution in [1.82, 2.24) is 25.1 Å². The highest BCUT2D eigenvalue weighted by Crippen LogP contribution is 2.41. The number of H-pyrrole nitrogens is 1. The van der Waals surface area contributed by atoms with Gasteiger partial charge in [-0.05, 0) is 31.0 Å². The van der Waals surface area contributed by atoms with E-state index in [9.17, 15) is 14.0 Å². The highest BCUT2D eigenvalue weighted by Gasteiger charge is 2.43. The Balaban J connectivity index is 1.58. The molecule has 11 heteroatoms. The van der Waals surface area contributed by atoms with E-state index in [4.69, 9.17) is 11.6 Å². The number of hydrogen-bond donors (Lipinski definition) is 3.